The summed E-state index contributed by atoms with van der Waals surface area (Å²) in [4.78, 5) is 15.2. The van der Waals surface area contributed by atoms with Crippen molar-refractivity contribution in [1.29, 1.82) is 0 Å². The lowest BCUT2D eigenvalue weighted by atomic mass is 10.2. The summed E-state index contributed by atoms with van der Waals surface area (Å²) in [5, 5.41) is 2.81. The minimum Gasteiger partial charge on any atom is -0.397 e. The summed E-state index contributed by atoms with van der Waals surface area (Å²) in [5.41, 5.74) is 11.7. The highest BCUT2D eigenvalue weighted by molar-refractivity contribution is 5.99. The van der Waals surface area contributed by atoms with Gasteiger partial charge in [0.1, 0.15) is 11.6 Å². The Balaban J connectivity index is 2.37. The van der Waals surface area contributed by atoms with Crippen LogP contribution in [0.2, 0.25) is 0 Å². The summed E-state index contributed by atoms with van der Waals surface area (Å²) in [5.74, 6) is -0.813. The van der Waals surface area contributed by atoms with Gasteiger partial charge in [0, 0.05) is 5.69 Å². The Kier molecular flexibility index (Phi) is 3.09. The van der Waals surface area contributed by atoms with Gasteiger partial charge in [-0.05, 0) is 24.3 Å². The van der Waals surface area contributed by atoms with Crippen LogP contribution in [0, 0.1) is 5.82 Å². The number of amides is 1. The van der Waals surface area contributed by atoms with Crippen LogP contribution in [-0.2, 0) is 0 Å². The van der Waals surface area contributed by atoms with E-state index in [0.29, 0.717) is 11.4 Å². The van der Waals surface area contributed by atoms with E-state index in [-0.39, 0.29) is 11.4 Å². The largest absolute Gasteiger partial charge is 0.397 e. The molecule has 1 amide bonds. The number of nitrogen functional groups attached to an aromatic ring is 1. The fourth-order valence-electron chi connectivity index (χ4n) is 1.47. The van der Waals surface area contributed by atoms with Gasteiger partial charge in [0.15, 0.2) is 0 Å². The Bertz CT molecular complexity index is 600. The van der Waals surface area contributed by atoms with E-state index in [0.717, 1.165) is 0 Å². The number of anilines is 3. The van der Waals surface area contributed by atoms with Gasteiger partial charge in [-0.25, -0.2) is 9.37 Å². The van der Waals surface area contributed by atoms with E-state index in [1.54, 1.807) is 12.1 Å². The minimum atomic E-state index is -0.659. The van der Waals surface area contributed by atoms with Crippen molar-refractivity contribution in [2.45, 2.75) is 0 Å². The summed E-state index contributed by atoms with van der Waals surface area (Å²) >= 11 is 0. The normalized spacial score (nSPS) is 10.1. The topological polar surface area (TPSA) is 94.0 Å². The van der Waals surface area contributed by atoms with E-state index in [1.165, 1.54) is 24.4 Å². The first-order valence-corrected chi connectivity index (χ1v) is 5.14. The molecule has 6 heteroatoms. The van der Waals surface area contributed by atoms with Crippen LogP contribution < -0.4 is 16.8 Å². The Morgan fingerprint density at radius 1 is 1.33 bits per heavy atom. The second kappa shape index (κ2) is 4.70. The van der Waals surface area contributed by atoms with Gasteiger partial charge in [-0.1, -0.05) is 6.07 Å². The van der Waals surface area contributed by atoms with Gasteiger partial charge in [-0.3, -0.25) is 4.79 Å². The van der Waals surface area contributed by atoms with Crippen LogP contribution in [0.1, 0.15) is 10.4 Å². The second-order valence-electron chi connectivity index (χ2n) is 3.66. The molecule has 0 atom stereocenters. The van der Waals surface area contributed by atoms with Crippen molar-refractivity contribution in [3.63, 3.8) is 0 Å². The number of nitrogens with zero attached hydrogens (tertiary/aromatic N) is 1. The van der Waals surface area contributed by atoms with Crippen molar-refractivity contribution in [1.82, 2.24) is 4.98 Å². The molecule has 0 fully saturated rings. The molecule has 0 aliphatic carbocycles. The first-order valence-electron chi connectivity index (χ1n) is 5.14. The number of carbonyl (C=O) groups is 1. The number of nitrogens with one attached hydrogen (secondary N) is 1. The van der Waals surface area contributed by atoms with Crippen molar-refractivity contribution >= 4 is 23.1 Å². The molecule has 5 N–H and O–H groups in total. The summed E-state index contributed by atoms with van der Waals surface area (Å²) in [6.45, 7) is 0. The monoisotopic (exact) mass is 246 g/mol. The molecule has 18 heavy (non-hydrogen) atoms. The van der Waals surface area contributed by atoms with Gasteiger partial charge in [0.25, 0.3) is 5.91 Å². The smallest absolute Gasteiger partial charge is 0.252 e. The number of hydrogen-bond acceptors (Lipinski definition) is 4. The number of aromatic nitrogens is 1. The van der Waals surface area contributed by atoms with Crippen LogP contribution in [0.5, 0.6) is 0 Å². The van der Waals surface area contributed by atoms with Gasteiger partial charge in [-0.15, -0.1) is 0 Å². The van der Waals surface area contributed by atoms with E-state index in [4.69, 9.17) is 11.5 Å². The number of rotatable bonds is 3. The highest BCUT2D eigenvalue weighted by Gasteiger charge is 2.10. The molecule has 1 aromatic heterocycles. The lowest BCUT2D eigenvalue weighted by molar-refractivity contribution is 0.100. The van der Waals surface area contributed by atoms with Crippen molar-refractivity contribution in [3.05, 3.63) is 47.9 Å². The highest BCUT2D eigenvalue weighted by atomic mass is 19.1. The molecule has 92 valence electrons. The molecule has 0 radical (unpaired) electrons. The molecular weight excluding hydrogens is 235 g/mol. The molecule has 1 heterocycles. The van der Waals surface area contributed by atoms with Crippen LogP contribution in [0.3, 0.4) is 0 Å². The van der Waals surface area contributed by atoms with Gasteiger partial charge in [-0.2, -0.15) is 0 Å². The van der Waals surface area contributed by atoms with Gasteiger partial charge in [0.05, 0.1) is 17.4 Å². The van der Waals surface area contributed by atoms with E-state index in [2.05, 4.69) is 10.3 Å². The van der Waals surface area contributed by atoms with Gasteiger partial charge < -0.3 is 16.8 Å². The van der Waals surface area contributed by atoms with E-state index >= 15 is 0 Å². The summed E-state index contributed by atoms with van der Waals surface area (Å²) in [6.07, 6.45) is 1.38. The fourth-order valence-corrected chi connectivity index (χ4v) is 1.47. The lowest BCUT2D eigenvalue weighted by Gasteiger charge is -2.09. The first kappa shape index (κ1) is 11.8. The molecule has 0 aliphatic heterocycles. The van der Waals surface area contributed by atoms with Crippen LogP contribution in [-0.4, -0.2) is 10.9 Å². The first-order chi connectivity index (χ1) is 8.56. The predicted octanol–water partition coefficient (Wildman–Crippen LogP) is 1.65. The molecule has 2 rings (SSSR count). The van der Waals surface area contributed by atoms with E-state index in [9.17, 15) is 9.18 Å². The molecule has 5 nitrogen and oxygen atoms in total. The summed E-state index contributed by atoms with van der Waals surface area (Å²) in [7, 11) is 0. The molecule has 0 aliphatic rings. The van der Waals surface area contributed by atoms with Crippen LogP contribution in [0.15, 0.2) is 36.5 Å². The average Bonchev–Trinajstić information content (AvgIpc) is 2.31. The van der Waals surface area contributed by atoms with Crippen LogP contribution >= 0.6 is 0 Å². The molecule has 2 aromatic rings. The number of hydrogen-bond donors (Lipinski definition) is 3. The summed E-state index contributed by atoms with van der Waals surface area (Å²) < 4.78 is 13.0. The molecular formula is C12H11FN4O. The minimum absolute atomic E-state index is 0.152. The zero-order valence-corrected chi connectivity index (χ0v) is 9.35. The number of benzene rings is 1. The molecule has 0 spiro atoms. The van der Waals surface area contributed by atoms with Gasteiger partial charge >= 0.3 is 0 Å². The van der Waals surface area contributed by atoms with Crippen molar-refractivity contribution in [2.75, 3.05) is 11.1 Å². The third kappa shape index (κ3) is 2.54. The van der Waals surface area contributed by atoms with Crippen LogP contribution in [0.25, 0.3) is 0 Å². The van der Waals surface area contributed by atoms with Crippen molar-refractivity contribution in [3.8, 4) is 0 Å². The summed E-state index contributed by atoms with van der Waals surface area (Å²) in [6, 6.07) is 7.20. The number of halogens is 1. The maximum atomic E-state index is 13.0. The molecule has 0 saturated carbocycles. The Hall–Kier alpha value is -2.63. The second-order valence-corrected chi connectivity index (χ2v) is 3.66. The maximum Gasteiger partial charge on any atom is 0.252 e. The standard InChI is InChI=1S/C12H11FN4O/c13-7-2-1-3-9(4-7)17-12-10(11(15)18)5-8(14)6-16-12/h1-6H,14H2,(H2,15,18)(H,16,17). The lowest BCUT2D eigenvalue weighted by Crippen LogP contribution is -2.14. The van der Waals surface area contributed by atoms with Gasteiger partial charge in [0.2, 0.25) is 0 Å². The predicted molar refractivity (Wildman–Crippen MR) is 66.8 cm³/mol. The number of pyridine rings is 1. The number of carbonyl (C=O) groups excluding carboxylic acids is 1. The van der Waals surface area contributed by atoms with Crippen molar-refractivity contribution < 1.29 is 9.18 Å². The molecule has 1 aromatic carbocycles. The fraction of sp³-hybridized carbons (Fsp3) is 0. The van der Waals surface area contributed by atoms with E-state index in [1.807, 2.05) is 0 Å². The number of primary amides is 1. The van der Waals surface area contributed by atoms with Crippen LogP contribution in [0.4, 0.5) is 21.6 Å². The highest BCUT2D eigenvalue weighted by Crippen LogP contribution is 2.20. The zero-order chi connectivity index (χ0) is 13.1. The van der Waals surface area contributed by atoms with Crippen molar-refractivity contribution in [2.24, 2.45) is 5.73 Å². The average molecular weight is 246 g/mol. The number of nitrogens with two attached hydrogens (primary N) is 2. The molecule has 0 unspecified atom stereocenters. The zero-order valence-electron chi connectivity index (χ0n) is 9.35. The SMILES string of the molecule is NC(=O)c1cc(N)cnc1Nc1cccc(F)c1. The Morgan fingerprint density at radius 2 is 2.11 bits per heavy atom. The third-order valence-electron chi connectivity index (χ3n) is 2.26. The maximum absolute atomic E-state index is 13.0. The quantitative estimate of drug-likeness (QED) is 0.767. The van der Waals surface area contributed by atoms with E-state index < -0.39 is 11.7 Å². The Labute approximate surface area is 103 Å². The molecule has 0 saturated heterocycles. The molecule has 0 bridgehead atoms. The third-order valence-corrected chi connectivity index (χ3v) is 2.26. The Morgan fingerprint density at radius 3 is 2.78 bits per heavy atom.